The van der Waals surface area contributed by atoms with Crippen LogP contribution < -0.4 is 0 Å². The third kappa shape index (κ3) is 3.90. The zero-order chi connectivity index (χ0) is 32.8. The van der Waals surface area contributed by atoms with Gasteiger partial charge in [-0.2, -0.15) is 0 Å². The Hall–Kier alpha value is -6.64. The highest BCUT2D eigenvalue weighted by molar-refractivity contribution is 6.33. The van der Waals surface area contributed by atoms with Crippen LogP contribution in [0, 0.1) is 0 Å². The van der Waals surface area contributed by atoms with E-state index in [0.29, 0.717) is 0 Å². The molecule has 50 heavy (non-hydrogen) atoms. The van der Waals surface area contributed by atoms with Gasteiger partial charge >= 0.3 is 0 Å². The predicted octanol–water partition coefficient (Wildman–Crippen LogP) is 13.0. The highest BCUT2D eigenvalue weighted by atomic mass is 14.8. The smallest absolute Gasteiger partial charge is 0.0972 e. The van der Waals surface area contributed by atoms with Gasteiger partial charge in [0.25, 0.3) is 0 Å². The minimum absolute atomic E-state index is 0.932. The number of hydrogen-bond donors (Lipinski definition) is 0. The summed E-state index contributed by atoms with van der Waals surface area (Å²) >= 11 is 0. The summed E-state index contributed by atoms with van der Waals surface area (Å²) < 4.78 is 0. The maximum Gasteiger partial charge on any atom is 0.0972 e. The Kier molecular flexibility index (Phi) is 5.70. The summed E-state index contributed by atoms with van der Waals surface area (Å²) in [4.78, 5) is 9.93. The molecule has 2 heteroatoms. The highest BCUT2D eigenvalue weighted by Crippen LogP contribution is 2.43. The summed E-state index contributed by atoms with van der Waals surface area (Å²) in [7, 11) is 0. The SMILES string of the molecule is c1cnc2c(c1)ccc1ccc(-c3ccc(-c4cc5ccc6cccc7c8ccccc8c8ccccc8c(c4)c5c67)c4ccccc34)nc12. The predicted molar refractivity (Wildman–Crippen MR) is 213 cm³/mol. The molecule has 0 saturated heterocycles. The maximum absolute atomic E-state index is 5.23. The first kappa shape index (κ1) is 27.3. The molecule has 9 aromatic carbocycles. The van der Waals surface area contributed by atoms with Gasteiger partial charge in [-0.15, -0.1) is 0 Å². The molecule has 0 N–H and O–H groups in total. The second-order valence-electron chi connectivity index (χ2n) is 13.3. The van der Waals surface area contributed by atoms with Crippen molar-refractivity contribution < 1.29 is 0 Å². The lowest BCUT2D eigenvalue weighted by atomic mass is 9.87. The van der Waals surface area contributed by atoms with E-state index in [-0.39, 0.29) is 0 Å². The monoisotopic (exact) mass is 632 g/mol. The molecule has 0 spiro atoms. The highest BCUT2D eigenvalue weighted by Gasteiger charge is 2.16. The zero-order valence-electron chi connectivity index (χ0n) is 27.1. The number of benzene rings is 8. The summed E-state index contributed by atoms with van der Waals surface area (Å²) in [6.45, 7) is 0. The summed E-state index contributed by atoms with van der Waals surface area (Å²) in [5.74, 6) is 0. The van der Waals surface area contributed by atoms with Crippen molar-refractivity contribution in [2.75, 3.05) is 0 Å². The molecule has 0 saturated carbocycles. The molecule has 2 aromatic heterocycles. The molecule has 0 unspecified atom stereocenters. The van der Waals surface area contributed by atoms with Crippen molar-refractivity contribution in [3.05, 3.63) is 170 Å². The fraction of sp³-hybridized carbons (Fsp3) is 0. The van der Waals surface area contributed by atoms with Crippen molar-refractivity contribution in [2.24, 2.45) is 0 Å². The van der Waals surface area contributed by atoms with Crippen LogP contribution in [0.5, 0.6) is 0 Å². The van der Waals surface area contributed by atoms with E-state index in [1.807, 2.05) is 12.3 Å². The number of rotatable bonds is 2. The molecule has 2 heterocycles. The van der Waals surface area contributed by atoms with Crippen molar-refractivity contribution in [3.63, 3.8) is 0 Å². The molecule has 0 fully saturated rings. The molecule has 230 valence electrons. The van der Waals surface area contributed by atoms with Crippen molar-refractivity contribution >= 4 is 86.4 Å². The Morgan fingerprint density at radius 3 is 1.64 bits per heavy atom. The lowest BCUT2D eigenvalue weighted by Gasteiger charge is -2.16. The van der Waals surface area contributed by atoms with Gasteiger partial charge < -0.3 is 0 Å². The van der Waals surface area contributed by atoms with Crippen LogP contribution in [0.25, 0.3) is 109 Å². The number of nitrogens with zero attached hydrogens (tertiary/aromatic N) is 2. The van der Waals surface area contributed by atoms with E-state index >= 15 is 0 Å². The Bertz CT molecular complexity index is 3210. The first-order valence-corrected chi connectivity index (χ1v) is 17.2. The zero-order valence-corrected chi connectivity index (χ0v) is 27.1. The van der Waals surface area contributed by atoms with Gasteiger partial charge in [-0.05, 0) is 100 Å². The van der Waals surface area contributed by atoms with Crippen LogP contribution >= 0.6 is 0 Å². The Morgan fingerprint density at radius 1 is 0.320 bits per heavy atom. The molecule has 0 bridgehead atoms. The second kappa shape index (κ2) is 10.4. The Morgan fingerprint density at radius 2 is 0.860 bits per heavy atom. The van der Waals surface area contributed by atoms with Crippen LogP contribution in [0.1, 0.15) is 0 Å². The van der Waals surface area contributed by atoms with Gasteiger partial charge in [0.15, 0.2) is 0 Å². The van der Waals surface area contributed by atoms with Crippen LogP contribution in [0.2, 0.25) is 0 Å². The Labute approximate surface area is 287 Å². The first-order valence-electron chi connectivity index (χ1n) is 17.2. The summed E-state index contributed by atoms with van der Waals surface area (Å²) in [5, 5.41) is 17.3. The first-order chi connectivity index (χ1) is 24.8. The molecule has 0 aliphatic carbocycles. The standard InChI is InChI=1S/C48H28N2/c1-4-14-38-35(11-1)34(23-24-41(38)44-25-22-31-20-19-30-10-8-26-49-47(30)48(31)50-44)33-27-32-21-18-29-9-7-17-42-39-15-5-2-12-36(39)37-13-3-6-16-40(37)43(28-33)46(32)45(29)42/h1-28H. The van der Waals surface area contributed by atoms with Gasteiger partial charge in [0, 0.05) is 22.5 Å². The van der Waals surface area contributed by atoms with Gasteiger partial charge in [-0.25, -0.2) is 4.98 Å². The molecule has 0 amide bonds. The van der Waals surface area contributed by atoms with Gasteiger partial charge in [0.1, 0.15) is 0 Å². The van der Waals surface area contributed by atoms with Gasteiger partial charge in [-0.1, -0.05) is 140 Å². The molecule has 0 atom stereocenters. The van der Waals surface area contributed by atoms with Gasteiger partial charge in [0.05, 0.1) is 16.7 Å². The molecule has 0 aliphatic rings. The molecule has 2 nitrogen and oxygen atoms in total. The average molecular weight is 633 g/mol. The number of hydrogen-bond acceptors (Lipinski definition) is 2. The van der Waals surface area contributed by atoms with Crippen LogP contribution in [0.4, 0.5) is 0 Å². The summed E-state index contributed by atoms with van der Waals surface area (Å²) in [5.41, 5.74) is 6.35. The van der Waals surface area contributed by atoms with Crippen molar-refractivity contribution in [3.8, 4) is 22.4 Å². The Balaban J connectivity index is 1.22. The van der Waals surface area contributed by atoms with E-state index in [4.69, 9.17) is 9.97 Å². The lowest BCUT2D eigenvalue weighted by molar-refractivity contribution is 1.37. The largest absolute Gasteiger partial charge is 0.254 e. The molecule has 11 rings (SSSR count). The van der Waals surface area contributed by atoms with E-state index in [1.54, 1.807) is 0 Å². The normalized spacial score (nSPS) is 12.0. The fourth-order valence-electron chi connectivity index (χ4n) is 8.39. The summed E-state index contributed by atoms with van der Waals surface area (Å²) in [6.07, 6.45) is 1.85. The third-order valence-electron chi connectivity index (χ3n) is 10.6. The lowest BCUT2D eigenvalue weighted by Crippen LogP contribution is -1.91. The van der Waals surface area contributed by atoms with Gasteiger partial charge in [0.2, 0.25) is 0 Å². The molecular formula is C48H28N2. The third-order valence-corrected chi connectivity index (χ3v) is 10.6. The second-order valence-corrected chi connectivity index (χ2v) is 13.3. The molecular weight excluding hydrogens is 605 g/mol. The van der Waals surface area contributed by atoms with E-state index in [1.165, 1.54) is 75.8 Å². The van der Waals surface area contributed by atoms with Crippen LogP contribution in [0.15, 0.2) is 170 Å². The van der Waals surface area contributed by atoms with E-state index in [9.17, 15) is 0 Å². The van der Waals surface area contributed by atoms with Crippen molar-refractivity contribution in [2.45, 2.75) is 0 Å². The molecule has 11 aromatic rings. The molecule has 0 aliphatic heterocycles. The van der Waals surface area contributed by atoms with E-state index in [2.05, 4.69) is 158 Å². The average Bonchev–Trinajstić information content (AvgIpc) is 3.19. The van der Waals surface area contributed by atoms with Crippen LogP contribution in [0.3, 0.4) is 0 Å². The fourth-order valence-corrected chi connectivity index (χ4v) is 8.39. The minimum atomic E-state index is 0.932. The maximum atomic E-state index is 5.23. The van der Waals surface area contributed by atoms with Crippen molar-refractivity contribution in [1.29, 1.82) is 0 Å². The molecule has 0 radical (unpaired) electrons. The number of aromatic nitrogens is 2. The van der Waals surface area contributed by atoms with Crippen LogP contribution in [-0.2, 0) is 0 Å². The quantitative estimate of drug-likeness (QED) is 0.177. The topological polar surface area (TPSA) is 25.8 Å². The summed E-state index contributed by atoms with van der Waals surface area (Å²) in [6, 6.07) is 59.9. The van der Waals surface area contributed by atoms with Crippen molar-refractivity contribution in [1.82, 2.24) is 9.97 Å². The number of fused-ring (bicyclic) bond motifs is 9. The van der Waals surface area contributed by atoms with E-state index in [0.717, 1.165) is 33.1 Å². The minimum Gasteiger partial charge on any atom is -0.254 e. The number of pyridine rings is 2. The van der Waals surface area contributed by atoms with E-state index < -0.39 is 0 Å². The van der Waals surface area contributed by atoms with Crippen LogP contribution in [-0.4, -0.2) is 9.97 Å². The van der Waals surface area contributed by atoms with Gasteiger partial charge in [-0.3, -0.25) is 4.98 Å².